The predicted molar refractivity (Wildman–Crippen MR) is 110 cm³/mol. The molecule has 6 nitrogen and oxygen atoms in total. The number of halogens is 2. The molecule has 0 radical (unpaired) electrons. The van der Waals surface area contributed by atoms with Crippen LogP contribution in [0.2, 0.25) is 5.02 Å². The van der Waals surface area contributed by atoms with Gasteiger partial charge in [0.25, 0.3) is 5.91 Å². The number of aryl methyl sites for hydroxylation is 1. The van der Waals surface area contributed by atoms with Gasteiger partial charge in [-0.3, -0.25) is 14.4 Å². The molecular formula is C20H18BrClN2O4. The Balaban J connectivity index is 1.53. The lowest BCUT2D eigenvalue weighted by molar-refractivity contribution is -0.151. The van der Waals surface area contributed by atoms with Gasteiger partial charge in [-0.15, -0.1) is 0 Å². The lowest BCUT2D eigenvalue weighted by Crippen LogP contribution is -2.28. The van der Waals surface area contributed by atoms with E-state index in [1.807, 2.05) is 31.2 Å². The van der Waals surface area contributed by atoms with Crippen LogP contribution in [0, 0.1) is 12.8 Å². The van der Waals surface area contributed by atoms with Crippen molar-refractivity contribution in [2.24, 2.45) is 5.92 Å². The Bertz CT molecular complexity index is 934. The summed E-state index contributed by atoms with van der Waals surface area (Å²) in [5.41, 5.74) is 2.20. The highest BCUT2D eigenvalue weighted by molar-refractivity contribution is 9.10. The van der Waals surface area contributed by atoms with Gasteiger partial charge in [0.05, 0.1) is 16.6 Å². The minimum Gasteiger partial charge on any atom is -0.455 e. The fourth-order valence-electron chi connectivity index (χ4n) is 2.94. The van der Waals surface area contributed by atoms with Gasteiger partial charge in [0, 0.05) is 23.1 Å². The first kappa shape index (κ1) is 20.4. The van der Waals surface area contributed by atoms with E-state index < -0.39 is 24.4 Å². The van der Waals surface area contributed by atoms with Crippen molar-refractivity contribution >= 4 is 56.7 Å². The molecule has 0 unspecified atom stereocenters. The minimum atomic E-state index is -0.600. The molecule has 146 valence electrons. The maximum atomic E-state index is 12.3. The Morgan fingerprint density at radius 1 is 1.29 bits per heavy atom. The summed E-state index contributed by atoms with van der Waals surface area (Å²) in [6, 6.07) is 12.5. The van der Waals surface area contributed by atoms with Crippen molar-refractivity contribution in [1.82, 2.24) is 0 Å². The summed E-state index contributed by atoms with van der Waals surface area (Å²) in [6.45, 7) is 1.73. The fourth-order valence-corrected chi connectivity index (χ4v) is 3.66. The first-order chi connectivity index (χ1) is 13.3. The highest BCUT2D eigenvalue weighted by Gasteiger charge is 2.36. The maximum absolute atomic E-state index is 12.3. The Kier molecular flexibility index (Phi) is 6.36. The Hall–Kier alpha value is -2.38. The van der Waals surface area contributed by atoms with Crippen LogP contribution in [0.1, 0.15) is 12.0 Å². The second-order valence-electron chi connectivity index (χ2n) is 6.52. The normalized spacial score (nSPS) is 16.2. The number of benzene rings is 2. The van der Waals surface area contributed by atoms with Crippen LogP contribution in [0.5, 0.6) is 0 Å². The summed E-state index contributed by atoms with van der Waals surface area (Å²) in [4.78, 5) is 38.1. The van der Waals surface area contributed by atoms with E-state index >= 15 is 0 Å². The molecule has 1 aliphatic heterocycles. The summed E-state index contributed by atoms with van der Waals surface area (Å²) < 4.78 is 5.88. The topological polar surface area (TPSA) is 75.7 Å². The average molecular weight is 466 g/mol. The quantitative estimate of drug-likeness (QED) is 0.679. The smallest absolute Gasteiger partial charge is 0.311 e. The second-order valence-corrected chi connectivity index (χ2v) is 7.85. The first-order valence-electron chi connectivity index (χ1n) is 8.62. The molecule has 2 aromatic carbocycles. The highest BCUT2D eigenvalue weighted by Crippen LogP contribution is 2.27. The largest absolute Gasteiger partial charge is 0.455 e. The summed E-state index contributed by atoms with van der Waals surface area (Å²) in [6.07, 6.45) is 0.0624. The van der Waals surface area contributed by atoms with Gasteiger partial charge < -0.3 is 15.0 Å². The summed E-state index contributed by atoms with van der Waals surface area (Å²) in [7, 11) is 0. The van der Waals surface area contributed by atoms with Gasteiger partial charge in [-0.25, -0.2) is 0 Å². The number of amides is 2. The van der Waals surface area contributed by atoms with Crippen molar-refractivity contribution in [2.75, 3.05) is 23.4 Å². The molecule has 1 fully saturated rings. The van der Waals surface area contributed by atoms with Crippen molar-refractivity contribution in [3.05, 3.63) is 57.5 Å². The molecule has 1 atom stereocenters. The summed E-state index contributed by atoms with van der Waals surface area (Å²) >= 11 is 9.33. The molecule has 0 aromatic heterocycles. The van der Waals surface area contributed by atoms with Crippen molar-refractivity contribution < 1.29 is 19.1 Å². The highest BCUT2D eigenvalue weighted by atomic mass is 79.9. The minimum absolute atomic E-state index is 0.0624. The zero-order valence-electron chi connectivity index (χ0n) is 15.1. The molecule has 2 amide bonds. The SMILES string of the molecule is Cc1cccc(N2C[C@H](C(=O)OCC(=O)Nc3ccc(Br)cc3Cl)CC2=O)c1. The molecule has 2 aromatic rings. The van der Waals surface area contributed by atoms with Crippen LogP contribution in [0.25, 0.3) is 0 Å². The third kappa shape index (κ3) is 4.91. The molecule has 0 aliphatic carbocycles. The van der Waals surface area contributed by atoms with Gasteiger partial charge in [0.15, 0.2) is 6.61 Å². The molecule has 28 heavy (non-hydrogen) atoms. The monoisotopic (exact) mass is 464 g/mol. The second kappa shape index (κ2) is 8.75. The van der Waals surface area contributed by atoms with Crippen molar-refractivity contribution in [2.45, 2.75) is 13.3 Å². The molecule has 1 N–H and O–H groups in total. The number of hydrogen-bond acceptors (Lipinski definition) is 4. The molecule has 1 saturated heterocycles. The van der Waals surface area contributed by atoms with E-state index in [2.05, 4.69) is 21.2 Å². The van der Waals surface area contributed by atoms with Gasteiger partial charge in [0.1, 0.15) is 0 Å². The molecule has 1 aliphatic rings. The molecule has 3 rings (SSSR count). The lowest BCUT2D eigenvalue weighted by atomic mass is 10.1. The van der Waals surface area contributed by atoms with Crippen LogP contribution in [0.4, 0.5) is 11.4 Å². The van der Waals surface area contributed by atoms with Gasteiger partial charge in [0.2, 0.25) is 5.91 Å². The molecule has 8 heteroatoms. The zero-order valence-corrected chi connectivity index (χ0v) is 17.4. The van der Waals surface area contributed by atoms with Crippen molar-refractivity contribution in [3.8, 4) is 0 Å². The average Bonchev–Trinajstić information content (AvgIpc) is 3.04. The predicted octanol–water partition coefficient (Wildman–Crippen LogP) is 3.95. The van der Waals surface area contributed by atoms with E-state index in [4.69, 9.17) is 16.3 Å². The van der Waals surface area contributed by atoms with E-state index in [-0.39, 0.29) is 18.9 Å². The van der Waals surface area contributed by atoms with Gasteiger partial charge >= 0.3 is 5.97 Å². The van der Waals surface area contributed by atoms with E-state index in [0.717, 1.165) is 15.7 Å². The lowest BCUT2D eigenvalue weighted by Gasteiger charge is -2.17. The standard InChI is InChI=1S/C20H18BrClN2O4/c1-12-3-2-4-15(7-12)24-10-13(8-19(24)26)20(27)28-11-18(25)23-17-6-5-14(21)9-16(17)22/h2-7,9,13H,8,10-11H2,1H3,(H,23,25)/t13-/m1/s1. The van der Waals surface area contributed by atoms with Crippen LogP contribution in [0.15, 0.2) is 46.9 Å². The van der Waals surface area contributed by atoms with Crippen molar-refractivity contribution in [1.29, 1.82) is 0 Å². The van der Waals surface area contributed by atoms with Gasteiger partial charge in [-0.1, -0.05) is 39.7 Å². The Morgan fingerprint density at radius 3 is 2.79 bits per heavy atom. The number of nitrogens with one attached hydrogen (secondary N) is 1. The van der Waals surface area contributed by atoms with Crippen LogP contribution in [0.3, 0.4) is 0 Å². The van der Waals surface area contributed by atoms with Gasteiger partial charge in [-0.05, 0) is 42.8 Å². The number of rotatable bonds is 5. The molecular weight excluding hydrogens is 448 g/mol. The number of carbonyl (C=O) groups excluding carboxylic acids is 3. The Morgan fingerprint density at radius 2 is 2.07 bits per heavy atom. The van der Waals surface area contributed by atoms with Gasteiger partial charge in [-0.2, -0.15) is 0 Å². The number of hydrogen-bond donors (Lipinski definition) is 1. The van der Waals surface area contributed by atoms with E-state index in [1.54, 1.807) is 23.1 Å². The van der Waals surface area contributed by atoms with Crippen LogP contribution < -0.4 is 10.2 Å². The van der Waals surface area contributed by atoms with Crippen LogP contribution in [-0.4, -0.2) is 30.9 Å². The first-order valence-corrected chi connectivity index (χ1v) is 9.79. The number of anilines is 2. The molecule has 1 heterocycles. The number of ether oxygens (including phenoxy) is 1. The number of esters is 1. The molecule has 0 saturated carbocycles. The zero-order chi connectivity index (χ0) is 20.3. The third-order valence-corrected chi connectivity index (χ3v) is 5.13. The van der Waals surface area contributed by atoms with Crippen LogP contribution >= 0.6 is 27.5 Å². The van der Waals surface area contributed by atoms with Crippen LogP contribution in [-0.2, 0) is 19.1 Å². The maximum Gasteiger partial charge on any atom is 0.311 e. The number of carbonyl (C=O) groups is 3. The summed E-state index contributed by atoms with van der Waals surface area (Å²) in [5.74, 6) is -1.81. The third-order valence-electron chi connectivity index (χ3n) is 4.32. The fraction of sp³-hybridized carbons (Fsp3) is 0.250. The van der Waals surface area contributed by atoms with E-state index in [9.17, 15) is 14.4 Å². The molecule has 0 spiro atoms. The summed E-state index contributed by atoms with van der Waals surface area (Å²) in [5, 5.41) is 2.95. The Labute approximate surface area is 175 Å². The number of nitrogens with zero attached hydrogens (tertiary/aromatic N) is 1. The van der Waals surface area contributed by atoms with E-state index in [0.29, 0.717) is 10.7 Å². The van der Waals surface area contributed by atoms with Crippen molar-refractivity contribution in [3.63, 3.8) is 0 Å². The van der Waals surface area contributed by atoms with E-state index in [1.165, 1.54) is 0 Å². The molecule has 0 bridgehead atoms.